The fourth-order valence-electron chi connectivity index (χ4n) is 0.953. The summed E-state index contributed by atoms with van der Waals surface area (Å²) >= 11 is 0. The molecule has 0 aliphatic rings. The minimum Gasteiger partial charge on any atom is -0.492 e. The van der Waals surface area contributed by atoms with E-state index < -0.39 is 10.0 Å². The van der Waals surface area contributed by atoms with Gasteiger partial charge in [0.25, 0.3) is 0 Å². The molecule has 5 nitrogen and oxygen atoms in total. The highest BCUT2D eigenvalue weighted by Crippen LogP contribution is 2.14. The lowest BCUT2D eigenvalue weighted by Gasteiger charge is -2.08. The maximum absolute atomic E-state index is 10.9. The number of hydrogen-bond acceptors (Lipinski definition) is 4. The van der Waals surface area contributed by atoms with Crippen molar-refractivity contribution < 1.29 is 13.2 Å². The second kappa shape index (κ2) is 4.61. The summed E-state index contributed by atoms with van der Waals surface area (Å²) in [6, 6.07) is 5.81. The zero-order chi connectivity index (χ0) is 11.5. The van der Waals surface area contributed by atoms with Crippen LogP contribution < -0.4 is 15.6 Å². The molecule has 0 amide bonds. The van der Waals surface area contributed by atoms with E-state index in [4.69, 9.17) is 15.6 Å². The molecule has 1 aromatic carbocycles. The van der Waals surface area contributed by atoms with Crippen molar-refractivity contribution in [1.29, 1.82) is 0 Å². The molecule has 84 valence electrons. The first-order valence-electron chi connectivity index (χ1n) is 4.41. The third kappa shape index (κ3) is 3.86. The Balaban J connectivity index is 2.73. The molecule has 0 aromatic heterocycles. The van der Waals surface area contributed by atoms with Gasteiger partial charge in [0, 0.05) is 6.04 Å². The van der Waals surface area contributed by atoms with Crippen molar-refractivity contribution in [3.8, 4) is 5.75 Å². The smallest absolute Gasteiger partial charge is 0.238 e. The molecule has 15 heavy (non-hydrogen) atoms. The summed E-state index contributed by atoms with van der Waals surface area (Å²) in [7, 11) is -3.63. The lowest BCUT2D eigenvalue weighted by molar-refractivity contribution is 0.296. The highest BCUT2D eigenvalue weighted by molar-refractivity contribution is 7.89. The average Bonchev–Trinajstić information content (AvgIpc) is 2.14. The number of primary sulfonamides is 1. The number of sulfonamides is 1. The summed E-state index contributed by atoms with van der Waals surface area (Å²) < 4.78 is 27.1. The topological polar surface area (TPSA) is 95.4 Å². The molecule has 0 saturated heterocycles. The molecule has 6 heteroatoms. The lowest BCUT2D eigenvalue weighted by atomic mass is 10.3. The summed E-state index contributed by atoms with van der Waals surface area (Å²) in [5.74, 6) is 0.569. The number of nitrogens with two attached hydrogens (primary N) is 2. The van der Waals surface area contributed by atoms with Crippen molar-refractivity contribution in [2.24, 2.45) is 10.9 Å². The second-order valence-corrected chi connectivity index (χ2v) is 4.87. The summed E-state index contributed by atoms with van der Waals surface area (Å²) in [5.41, 5.74) is 5.50. The van der Waals surface area contributed by atoms with Gasteiger partial charge < -0.3 is 10.5 Å². The van der Waals surface area contributed by atoms with Gasteiger partial charge in [-0.1, -0.05) is 0 Å². The van der Waals surface area contributed by atoms with E-state index in [-0.39, 0.29) is 10.9 Å². The normalized spacial score (nSPS) is 13.5. The van der Waals surface area contributed by atoms with Gasteiger partial charge in [0.1, 0.15) is 12.4 Å². The molecular weight excluding hydrogens is 216 g/mol. The van der Waals surface area contributed by atoms with Crippen LogP contribution in [0, 0.1) is 0 Å². The Morgan fingerprint density at radius 2 is 1.87 bits per heavy atom. The standard InChI is InChI=1S/C9H14N2O3S/c1-7(10)6-14-8-2-4-9(5-3-8)15(11,12)13/h2-5,7H,6,10H2,1H3,(H2,11,12,13). The monoisotopic (exact) mass is 230 g/mol. The van der Waals surface area contributed by atoms with Crippen molar-refractivity contribution in [3.05, 3.63) is 24.3 Å². The fourth-order valence-corrected chi connectivity index (χ4v) is 1.47. The molecule has 0 aliphatic carbocycles. The molecule has 1 unspecified atom stereocenters. The maximum Gasteiger partial charge on any atom is 0.238 e. The highest BCUT2D eigenvalue weighted by Gasteiger charge is 2.06. The third-order valence-corrected chi connectivity index (χ3v) is 2.59. The molecule has 0 saturated carbocycles. The predicted octanol–water partition coefficient (Wildman–Crippen LogP) is 0.0600. The Morgan fingerprint density at radius 3 is 2.27 bits per heavy atom. The van der Waals surface area contributed by atoms with E-state index in [0.29, 0.717) is 12.4 Å². The van der Waals surface area contributed by atoms with Gasteiger partial charge in [-0.2, -0.15) is 0 Å². The van der Waals surface area contributed by atoms with Crippen molar-refractivity contribution in [1.82, 2.24) is 0 Å². The number of benzene rings is 1. The van der Waals surface area contributed by atoms with Crippen molar-refractivity contribution in [2.45, 2.75) is 17.9 Å². The van der Waals surface area contributed by atoms with Crippen molar-refractivity contribution >= 4 is 10.0 Å². The van der Waals surface area contributed by atoms with Crippen LogP contribution in [0.5, 0.6) is 5.75 Å². The van der Waals surface area contributed by atoms with Gasteiger partial charge in [0.05, 0.1) is 4.90 Å². The van der Waals surface area contributed by atoms with Gasteiger partial charge >= 0.3 is 0 Å². The molecule has 1 aromatic rings. The summed E-state index contributed by atoms with van der Waals surface area (Å²) in [6.07, 6.45) is 0. The van der Waals surface area contributed by atoms with E-state index in [9.17, 15) is 8.42 Å². The predicted molar refractivity (Wildman–Crippen MR) is 57.0 cm³/mol. The molecule has 0 heterocycles. The Bertz CT molecular complexity index is 411. The van der Waals surface area contributed by atoms with Crippen LogP contribution in [0.4, 0.5) is 0 Å². The van der Waals surface area contributed by atoms with Crippen LogP contribution in [0.1, 0.15) is 6.92 Å². The zero-order valence-electron chi connectivity index (χ0n) is 8.38. The van der Waals surface area contributed by atoms with E-state index in [1.165, 1.54) is 12.1 Å². The molecule has 4 N–H and O–H groups in total. The summed E-state index contributed by atoms with van der Waals surface area (Å²) in [4.78, 5) is 0.0654. The van der Waals surface area contributed by atoms with Gasteiger partial charge in [0.15, 0.2) is 0 Å². The van der Waals surface area contributed by atoms with Gasteiger partial charge in [-0.3, -0.25) is 0 Å². The molecular formula is C9H14N2O3S. The molecule has 0 radical (unpaired) electrons. The van der Waals surface area contributed by atoms with E-state index in [1.807, 2.05) is 6.92 Å². The third-order valence-electron chi connectivity index (χ3n) is 1.67. The van der Waals surface area contributed by atoms with Crippen LogP contribution in [0.2, 0.25) is 0 Å². The SMILES string of the molecule is CC(N)COc1ccc(S(N)(=O)=O)cc1. The lowest BCUT2D eigenvalue weighted by Crippen LogP contribution is -2.23. The van der Waals surface area contributed by atoms with Crippen LogP contribution >= 0.6 is 0 Å². The first kappa shape index (κ1) is 12.0. The van der Waals surface area contributed by atoms with Crippen molar-refractivity contribution in [3.63, 3.8) is 0 Å². The Labute approximate surface area is 89.1 Å². The van der Waals surface area contributed by atoms with Gasteiger partial charge in [-0.05, 0) is 31.2 Å². The van der Waals surface area contributed by atoms with Gasteiger partial charge in [-0.25, -0.2) is 13.6 Å². The quantitative estimate of drug-likeness (QED) is 0.764. The maximum atomic E-state index is 10.9. The highest BCUT2D eigenvalue weighted by atomic mass is 32.2. The largest absolute Gasteiger partial charge is 0.492 e. The Morgan fingerprint density at radius 1 is 1.33 bits per heavy atom. The molecule has 0 aliphatic heterocycles. The van der Waals surface area contributed by atoms with E-state index in [0.717, 1.165) is 0 Å². The minimum absolute atomic E-state index is 0.0654. The number of rotatable bonds is 4. The molecule has 1 rings (SSSR count). The van der Waals surface area contributed by atoms with Crippen LogP contribution in [-0.2, 0) is 10.0 Å². The van der Waals surface area contributed by atoms with Crippen LogP contribution in [0.15, 0.2) is 29.2 Å². The molecule has 0 spiro atoms. The van der Waals surface area contributed by atoms with Crippen LogP contribution in [-0.4, -0.2) is 21.1 Å². The van der Waals surface area contributed by atoms with E-state index in [1.54, 1.807) is 12.1 Å². The first-order valence-corrected chi connectivity index (χ1v) is 5.95. The van der Waals surface area contributed by atoms with E-state index in [2.05, 4.69) is 0 Å². The first-order chi connectivity index (χ1) is 6.89. The van der Waals surface area contributed by atoms with Gasteiger partial charge in [-0.15, -0.1) is 0 Å². The van der Waals surface area contributed by atoms with Crippen LogP contribution in [0.3, 0.4) is 0 Å². The summed E-state index contributed by atoms with van der Waals surface area (Å²) in [5, 5.41) is 4.94. The fraction of sp³-hybridized carbons (Fsp3) is 0.333. The number of ether oxygens (including phenoxy) is 1. The zero-order valence-corrected chi connectivity index (χ0v) is 9.20. The molecule has 1 atom stereocenters. The Hall–Kier alpha value is -1.11. The average molecular weight is 230 g/mol. The Kier molecular flexibility index (Phi) is 3.67. The van der Waals surface area contributed by atoms with Crippen molar-refractivity contribution in [2.75, 3.05) is 6.61 Å². The van der Waals surface area contributed by atoms with Gasteiger partial charge in [0.2, 0.25) is 10.0 Å². The van der Waals surface area contributed by atoms with Crippen LogP contribution in [0.25, 0.3) is 0 Å². The number of hydrogen-bond donors (Lipinski definition) is 2. The summed E-state index contributed by atoms with van der Waals surface area (Å²) in [6.45, 7) is 2.20. The minimum atomic E-state index is -3.63. The van der Waals surface area contributed by atoms with E-state index >= 15 is 0 Å². The molecule has 0 fully saturated rings. The second-order valence-electron chi connectivity index (χ2n) is 3.30. The molecule has 0 bridgehead atoms.